The molecule has 0 unspecified atom stereocenters. The average molecular weight is 228 g/mol. The van der Waals surface area contributed by atoms with Crippen molar-refractivity contribution in [2.24, 2.45) is 0 Å². The Kier molecular flexibility index (Phi) is 6.11. The highest BCUT2D eigenvalue weighted by atomic mass is 16.6. The molecule has 4 heteroatoms. The standard InChI is InChI=1S/C12H24N2O2/c1-9(2)7-13-8-10(3)14-11(15)16-12(4,5)6/h10,13H,1,7-8H2,2-6H3,(H,14,15)/t10-/m0/s1. The summed E-state index contributed by atoms with van der Waals surface area (Å²) >= 11 is 0. The first-order valence-electron chi connectivity index (χ1n) is 5.55. The Morgan fingerprint density at radius 3 is 2.44 bits per heavy atom. The van der Waals surface area contributed by atoms with Crippen molar-refractivity contribution < 1.29 is 9.53 Å². The molecule has 2 N–H and O–H groups in total. The summed E-state index contributed by atoms with van der Waals surface area (Å²) in [7, 11) is 0. The maximum Gasteiger partial charge on any atom is 0.407 e. The highest BCUT2D eigenvalue weighted by Gasteiger charge is 2.17. The largest absolute Gasteiger partial charge is 0.444 e. The summed E-state index contributed by atoms with van der Waals surface area (Å²) in [5.74, 6) is 0. The zero-order chi connectivity index (χ0) is 12.8. The number of nitrogens with one attached hydrogen (secondary N) is 2. The Balaban J connectivity index is 3.74. The van der Waals surface area contributed by atoms with Gasteiger partial charge in [0, 0.05) is 19.1 Å². The van der Waals surface area contributed by atoms with Gasteiger partial charge < -0.3 is 15.4 Å². The van der Waals surface area contributed by atoms with E-state index < -0.39 is 5.60 Å². The Labute approximate surface area is 98.4 Å². The molecule has 0 spiro atoms. The van der Waals surface area contributed by atoms with Crippen LogP contribution in [0.3, 0.4) is 0 Å². The molecular weight excluding hydrogens is 204 g/mol. The van der Waals surface area contributed by atoms with Crippen molar-refractivity contribution in [1.82, 2.24) is 10.6 Å². The number of hydrogen-bond acceptors (Lipinski definition) is 3. The van der Waals surface area contributed by atoms with Crippen LogP contribution in [0.1, 0.15) is 34.6 Å². The van der Waals surface area contributed by atoms with Gasteiger partial charge in [0.05, 0.1) is 0 Å². The highest BCUT2D eigenvalue weighted by Crippen LogP contribution is 2.06. The molecule has 4 nitrogen and oxygen atoms in total. The number of carbonyl (C=O) groups excluding carboxylic acids is 1. The number of hydrogen-bond donors (Lipinski definition) is 2. The fourth-order valence-electron chi connectivity index (χ4n) is 1.06. The molecule has 0 heterocycles. The maximum absolute atomic E-state index is 11.4. The molecule has 0 aliphatic carbocycles. The van der Waals surface area contributed by atoms with Gasteiger partial charge in [-0.1, -0.05) is 12.2 Å². The molecule has 0 aromatic heterocycles. The van der Waals surface area contributed by atoms with Crippen LogP contribution >= 0.6 is 0 Å². The van der Waals surface area contributed by atoms with Crippen LogP contribution in [0.5, 0.6) is 0 Å². The minimum Gasteiger partial charge on any atom is -0.444 e. The molecular formula is C12H24N2O2. The van der Waals surface area contributed by atoms with Crippen molar-refractivity contribution in [1.29, 1.82) is 0 Å². The monoisotopic (exact) mass is 228 g/mol. The van der Waals surface area contributed by atoms with E-state index in [1.165, 1.54) is 0 Å². The molecule has 1 amide bonds. The van der Waals surface area contributed by atoms with E-state index in [1.807, 2.05) is 34.6 Å². The minimum atomic E-state index is -0.449. The number of amides is 1. The van der Waals surface area contributed by atoms with E-state index in [1.54, 1.807) is 0 Å². The molecule has 0 fully saturated rings. The van der Waals surface area contributed by atoms with Gasteiger partial charge in [-0.25, -0.2) is 4.79 Å². The number of rotatable bonds is 5. The molecule has 0 saturated heterocycles. The predicted octanol–water partition coefficient (Wildman–Crippen LogP) is 2.07. The molecule has 0 aliphatic rings. The van der Waals surface area contributed by atoms with Gasteiger partial charge in [0.25, 0.3) is 0 Å². The molecule has 1 atom stereocenters. The van der Waals surface area contributed by atoms with E-state index in [0.29, 0.717) is 6.54 Å². The average Bonchev–Trinajstić information content (AvgIpc) is 1.98. The third-order valence-corrected chi connectivity index (χ3v) is 1.64. The lowest BCUT2D eigenvalue weighted by Crippen LogP contribution is -2.42. The zero-order valence-electron chi connectivity index (χ0n) is 11.0. The number of ether oxygens (including phenoxy) is 1. The molecule has 16 heavy (non-hydrogen) atoms. The second-order valence-electron chi connectivity index (χ2n) is 5.14. The van der Waals surface area contributed by atoms with Gasteiger partial charge in [0.2, 0.25) is 0 Å². The van der Waals surface area contributed by atoms with Crippen LogP contribution in [0, 0.1) is 0 Å². The van der Waals surface area contributed by atoms with Gasteiger partial charge in [-0.15, -0.1) is 0 Å². The first kappa shape index (κ1) is 15.0. The van der Waals surface area contributed by atoms with Crippen LogP contribution in [0.25, 0.3) is 0 Å². The van der Waals surface area contributed by atoms with Crippen molar-refractivity contribution >= 4 is 6.09 Å². The minimum absolute atomic E-state index is 0.0363. The summed E-state index contributed by atoms with van der Waals surface area (Å²) in [4.78, 5) is 11.4. The SMILES string of the molecule is C=C(C)CNC[C@H](C)NC(=O)OC(C)(C)C. The first-order chi connectivity index (χ1) is 7.20. The Morgan fingerprint density at radius 2 is 2.00 bits per heavy atom. The lowest BCUT2D eigenvalue weighted by Gasteiger charge is -2.22. The van der Waals surface area contributed by atoms with Crippen LogP contribution in [-0.2, 0) is 4.74 Å². The third kappa shape index (κ3) is 9.52. The van der Waals surface area contributed by atoms with Crippen molar-refractivity contribution in [3.8, 4) is 0 Å². The third-order valence-electron chi connectivity index (χ3n) is 1.64. The van der Waals surface area contributed by atoms with E-state index in [4.69, 9.17) is 4.74 Å². The number of alkyl carbamates (subject to hydrolysis) is 1. The van der Waals surface area contributed by atoms with Gasteiger partial charge in [-0.2, -0.15) is 0 Å². The number of carbonyl (C=O) groups is 1. The lowest BCUT2D eigenvalue weighted by atomic mass is 10.2. The molecule has 0 aromatic carbocycles. The van der Waals surface area contributed by atoms with Crippen LogP contribution < -0.4 is 10.6 Å². The van der Waals surface area contributed by atoms with Crippen LogP contribution in [0.4, 0.5) is 4.79 Å². The fraction of sp³-hybridized carbons (Fsp3) is 0.750. The zero-order valence-corrected chi connectivity index (χ0v) is 11.0. The molecule has 0 saturated carbocycles. The highest BCUT2D eigenvalue weighted by molar-refractivity contribution is 5.68. The van der Waals surface area contributed by atoms with Crippen molar-refractivity contribution in [2.45, 2.75) is 46.3 Å². The quantitative estimate of drug-likeness (QED) is 0.708. The smallest absolute Gasteiger partial charge is 0.407 e. The maximum atomic E-state index is 11.4. The summed E-state index contributed by atoms with van der Waals surface area (Å²) in [6.45, 7) is 14.7. The van der Waals surface area contributed by atoms with Crippen LogP contribution in [0.15, 0.2) is 12.2 Å². The Bertz CT molecular complexity index is 244. The van der Waals surface area contributed by atoms with Crippen molar-refractivity contribution in [3.05, 3.63) is 12.2 Å². The van der Waals surface area contributed by atoms with Gasteiger partial charge in [0.15, 0.2) is 0 Å². The van der Waals surface area contributed by atoms with Crippen LogP contribution in [0.2, 0.25) is 0 Å². The Morgan fingerprint density at radius 1 is 1.44 bits per heavy atom. The van der Waals surface area contributed by atoms with Crippen molar-refractivity contribution in [2.75, 3.05) is 13.1 Å². The van der Waals surface area contributed by atoms with E-state index in [2.05, 4.69) is 17.2 Å². The fourth-order valence-corrected chi connectivity index (χ4v) is 1.06. The van der Waals surface area contributed by atoms with Crippen molar-refractivity contribution in [3.63, 3.8) is 0 Å². The first-order valence-corrected chi connectivity index (χ1v) is 5.55. The van der Waals surface area contributed by atoms with Crippen LogP contribution in [-0.4, -0.2) is 30.8 Å². The summed E-state index contributed by atoms with van der Waals surface area (Å²) in [6, 6.07) is 0.0363. The topological polar surface area (TPSA) is 50.4 Å². The molecule has 0 aliphatic heterocycles. The summed E-state index contributed by atoms with van der Waals surface area (Å²) in [5, 5.41) is 5.94. The molecule has 0 radical (unpaired) electrons. The molecule has 94 valence electrons. The second-order valence-corrected chi connectivity index (χ2v) is 5.14. The van der Waals surface area contributed by atoms with E-state index in [9.17, 15) is 4.79 Å². The van der Waals surface area contributed by atoms with E-state index >= 15 is 0 Å². The molecule has 0 rings (SSSR count). The molecule has 0 aromatic rings. The Hall–Kier alpha value is -1.03. The summed E-state index contributed by atoms with van der Waals surface area (Å²) in [6.07, 6.45) is -0.378. The predicted molar refractivity (Wildman–Crippen MR) is 66.5 cm³/mol. The van der Waals surface area contributed by atoms with E-state index in [0.717, 1.165) is 12.1 Å². The van der Waals surface area contributed by atoms with Gasteiger partial charge in [-0.3, -0.25) is 0 Å². The molecule has 0 bridgehead atoms. The van der Waals surface area contributed by atoms with Gasteiger partial charge >= 0.3 is 6.09 Å². The van der Waals surface area contributed by atoms with Gasteiger partial charge in [-0.05, 0) is 34.6 Å². The normalized spacial score (nSPS) is 13.1. The second kappa shape index (κ2) is 6.53. The van der Waals surface area contributed by atoms with E-state index in [-0.39, 0.29) is 12.1 Å². The summed E-state index contributed by atoms with van der Waals surface area (Å²) < 4.78 is 5.14. The lowest BCUT2D eigenvalue weighted by molar-refractivity contribution is 0.0508. The van der Waals surface area contributed by atoms with Gasteiger partial charge in [0.1, 0.15) is 5.60 Å². The summed E-state index contributed by atoms with van der Waals surface area (Å²) in [5.41, 5.74) is 0.624.